The fourth-order valence-electron chi connectivity index (χ4n) is 0.403. The van der Waals surface area contributed by atoms with Crippen LogP contribution in [-0.4, -0.2) is 10.4 Å². The van der Waals surface area contributed by atoms with Gasteiger partial charge in [0.1, 0.15) is 10.3 Å². The maximum Gasteiger partial charge on any atom is 0.135 e. The van der Waals surface area contributed by atoms with Gasteiger partial charge in [0, 0.05) is 0 Å². The molecule has 0 rings (SSSR count). The molecule has 0 fully saturated rings. The molecule has 0 aromatic rings. The third-order valence-corrected chi connectivity index (χ3v) is 1.56. The third-order valence-electron chi connectivity index (χ3n) is 0.886. The molecule has 0 aliphatic carbocycles. The lowest BCUT2D eigenvalue weighted by Gasteiger charge is -2.16. The van der Waals surface area contributed by atoms with E-state index in [0.717, 1.165) is 11.8 Å². The molecule has 0 amide bonds. The number of thiocyanates is 1. The lowest BCUT2D eigenvalue weighted by molar-refractivity contribution is 0.513. The zero-order chi connectivity index (χ0) is 9.83. The molecule has 0 N–H and O–H groups in total. The fourth-order valence-corrected chi connectivity index (χ4v) is 0.708. The Balaban J connectivity index is 4.25. The molecule has 12 heavy (non-hydrogen) atoms. The van der Waals surface area contributed by atoms with Crippen LogP contribution in [0.3, 0.4) is 0 Å². The normalized spacial score (nSPS) is 13.3. The Morgan fingerprint density at radius 3 is 1.92 bits per heavy atom. The van der Waals surface area contributed by atoms with E-state index in [9.17, 15) is 0 Å². The van der Waals surface area contributed by atoms with Gasteiger partial charge in [0.15, 0.2) is 0 Å². The van der Waals surface area contributed by atoms with Gasteiger partial charge in [-0.1, -0.05) is 0 Å². The summed E-state index contributed by atoms with van der Waals surface area (Å²) in [5.74, 6) is 0. The van der Waals surface area contributed by atoms with Crippen molar-refractivity contribution in [3.05, 3.63) is 0 Å². The summed E-state index contributed by atoms with van der Waals surface area (Å²) < 4.78 is 0. The van der Waals surface area contributed by atoms with E-state index < -0.39 is 4.87 Å². The quantitative estimate of drug-likeness (QED) is 0.490. The van der Waals surface area contributed by atoms with E-state index in [1.54, 1.807) is 0 Å². The predicted molar refractivity (Wildman–Crippen MR) is 51.9 cm³/mol. The molecule has 0 aliphatic heterocycles. The van der Waals surface area contributed by atoms with Gasteiger partial charge in [-0.3, -0.25) is 0 Å². The molecule has 0 saturated carbocycles. The second-order valence-corrected chi connectivity index (χ2v) is 5.40. The van der Waals surface area contributed by atoms with Gasteiger partial charge in [0.2, 0.25) is 0 Å². The van der Waals surface area contributed by atoms with Crippen molar-refractivity contribution < 1.29 is 0 Å². The molecule has 68 valence electrons. The highest BCUT2D eigenvalue weighted by molar-refractivity contribution is 8.04. The minimum atomic E-state index is -0.429. The van der Waals surface area contributed by atoms with Crippen molar-refractivity contribution >= 4 is 11.8 Å². The maximum absolute atomic E-state index is 8.44. The average Bonchev–Trinajstić information content (AvgIpc) is 1.83. The molecule has 0 heterocycles. The smallest absolute Gasteiger partial charge is 0.135 e. The van der Waals surface area contributed by atoms with Crippen LogP contribution >= 0.6 is 11.8 Å². The van der Waals surface area contributed by atoms with Gasteiger partial charge in [0.25, 0.3) is 0 Å². The molecule has 0 atom stereocenters. The Hall–Kier alpha value is -0.560. The first-order chi connectivity index (χ1) is 5.27. The van der Waals surface area contributed by atoms with Gasteiger partial charge in [-0.05, 0) is 46.4 Å². The third kappa shape index (κ3) is 6.17. The second-order valence-electron chi connectivity index (χ2n) is 4.01. The van der Waals surface area contributed by atoms with E-state index in [1.807, 2.05) is 40.0 Å². The standard InChI is InChI=1S/C8H15N3S/c1-7(2,3)10-11-8(4,5)12-6-9/h1-5H3. The van der Waals surface area contributed by atoms with Crippen LogP contribution in [0.2, 0.25) is 0 Å². The molecule has 3 nitrogen and oxygen atoms in total. The molecule has 0 unspecified atom stereocenters. The van der Waals surface area contributed by atoms with Crippen LogP contribution in [0.1, 0.15) is 34.6 Å². The van der Waals surface area contributed by atoms with E-state index >= 15 is 0 Å². The van der Waals surface area contributed by atoms with Crippen LogP contribution in [0.15, 0.2) is 10.2 Å². The van der Waals surface area contributed by atoms with E-state index in [2.05, 4.69) is 10.2 Å². The molecular weight excluding hydrogens is 170 g/mol. The summed E-state index contributed by atoms with van der Waals surface area (Å²) in [6.45, 7) is 9.67. The van der Waals surface area contributed by atoms with Gasteiger partial charge in [-0.15, -0.1) is 0 Å². The summed E-state index contributed by atoms with van der Waals surface area (Å²) in [5, 5.41) is 18.6. The van der Waals surface area contributed by atoms with E-state index in [1.165, 1.54) is 0 Å². The van der Waals surface area contributed by atoms with Gasteiger partial charge >= 0.3 is 0 Å². The number of rotatable bonds is 2. The molecule has 0 radical (unpaired) electrons. The first kappa shape index (κ1) is 11.4. The topological polar surface area (TPSA) is 48.5 Å². The molecule has 4 heteroatoms. The number of nitrogens with zero attached hydrogens (tertiary/aromatic N) is 3. The number of azo groups is 1. The number of nitriles is 1. The molecule has 0 bridgehead atoms. The second kappa shape index (κ2) is 3.90. The van der Waals surface area contributed by atoms with Crippen molar-refractivity contribution in [3.63, 3.8) is 0 Å². The fraction of sp³-hybridized carbons (Fsp3) is 0.875. The molecule has 0 aromatic heterocycles. The van der Waals surface area contributed by atoms with Crippen molar-refractivity contribution in [1.29, 1.82) is 5.26 Å². The SMILES string of the molecule is CC(C)(C)N=NC(C)(C)SC#N. The lowest BCUT2D eigenvalue weighted by Crippen LogP contribution is -2.14. The summed E-state index contributed by atoms with van der Waals surface area (Å²) in [4.78, 5) is -0.429. The predicted octanol–water partition coefficient (Wildman–Crippen LogP) is 3.19. The van der Waals surface area contributed by atoms with Crippen LogP contribution in [0.5, 0.6) is 0 Å². The monoisotopic (exact) mass is 185 g/mol. The van der Waals surface area contributed by atoms with E-state index in [-0.39, 0.29) is 5.54 Å². The maximum atomic E-state index is 8.44. The summed E-state index contributed by atoms with van der Waals surface area (Å²) in [6, 6.07) is 0. The zero-order valence-electron chi connectivity index (χ0n) is 8.25. The van der Waals surface area contributed by atoms with Crippen molar-refractivity contribution in [1.82, 2.24) is 0 Å². The number of thioether (sulfide) groups is 1. The molecular formula is C8H15N3S. The largest absolute Gasteiger partial charge is 0.187 e. The van der Waals surface area contributed by atoms with Crippen molar-refractivity contribution in [3.8, 4) is 5.40 Å². The summed E-state index contributed by atoms with van der Waals surface area (Å²) in [5.41, 5.74) is -0.159. The molecule has 0 spiro atoms. The minimum Gasteiger partial charge on any atom is -0.187 e. The highest BCUT2D eigenvalue weighted by Gasteiger charge is 2.18. The number of hydrogen-bond acceptors (Lipinski definition) is 4. The minimum absolute atomic E-state index is 0.159. The highest BCUT2D eigenvalue weighted by atomic mass is 32.2. The van der Waals surface area contributed by atoms with Crippen LogP contribution in [0, 0.1) is 10.7 Å². The van der Waals surface area contributed by atoms with E-state index in [0.29, 0.717) is 0 Å². The molecule has 0 aliphatic rings. The summed E-state index contributed by atoms with van der Waals surface area (Å²) >= 11 is 1.12. The Morgan fingerprint density at radius 1 is 1.08 bits per heavy atom. The van der Waals surface area contributed by atoms with Gasteiger partial charge in [0.05, 0.1) is 5.54 Å². The lowest BCUT2D eigenvalue weighted by atomic mass is 10.1. The van der Waals surface area contributed by atoms with Crippen molar-refractivity contribution in [2.45, 2.75) is 45.0 Å². The Labute approximate surface area is 78.3 Å². The number of hydrogen-bond donors (Lipinski definition) is 0. The Kier molecular flexibility index (Phi) is 3.72. The molecule has 0 aromatic carbocycles. The van der Waals surface area contributed by atoms with Crippen molar-refractivity contribution in [2.75, 3.05) is 0 Å². The van der Waals surface area contributed by atoms with Gasteiger partial charge in [-0.2, -0.15) is 15.5 Å². The van der Waals surface area contributed by atoms with Crippen molar-refractivity contribution in [2.24, 2.45) is 10.2 Å². The van der Waals surface area contributed by atoms with Crippen LogP contribution < -0.4 is 0 Å². The van der Waals surface area contributed by atoms with Gasteiger partial charge in [-0.25, -0.2) is 0 Å². The van der Waals surface area contributed by atoms with Crippen LogP contribution in [0.25, 0.3) is 0 Å². The highest BCUT2D eigenvalue weighted by Crippen LogP contribution is 2.26. The Bertz CT molecular complexity index is 207. The van der Waals surface area contributed by atoms with E-state index in [4.69, 9.17) is 5.26 Å². The summed E-state index contributed by atoms with van der Waals surface area (Å²) in [7, 11) is 0. The van der Waals surface area contributed by atoms with Crippen LogP contribution in [-0.2, 0) is 0 Å². The Morgan fingerprint density at radius 2 is 1.58 bits per heavy atom. The average molecular weight is 185 g/mol. The zero-order valence-corrected chi connectivity index (χ0v) is 9.07. The first-order valence-electron chi connectivity index (χ1n) is 3.78. The molecule has 0 saturated heterocycles. The first-order valence-corrected chi connectivity index (χ1v) is 4.60. The van der Waals surface area contributed by atoms with Crippen LogP contribution in [0.4, 0.5) is 0 Å². The summed E-state index contributed by atoms with van der Waals surface area (Å²) in [6.07, 6.45) is 0. The van der Waals surface area contributed by atoms with Gasteiger partial charge < -0.3 is 0 Å².